The lowest BCUT2D eigenvalue weighted by Crippen LogP contribution is -2.19. The van der Waals surface area contributed by atoms with Crippen LogP contribution in [0.15, 0.2) is 0 Å². The van der Waals surface area contributed by atoms with Crippen molar-refractivity contribution in [3.8, 4) is 6.01 Å². The predicted octanol–water partition coefficient (Wildman–Crippen LogP) is 0.980. The minimum Gasteiger partial charge on any atom is -0.458 e. The summed E-state index contributed by atoms with van der Waals surface area (Å²) in [4.78, 5) is 11.6. The fraction of sp³-hybridized carbons (Fsp3) is 0.625. The molecule has 0 aliphatic heterocycles. The van der Waals surface area contributed by atoms with Gasteiger partial charge in [0, 0.05) is 14.2 Å². The smallest absolute Gasteiger partial charge is 0.322 e. The molecule has 1 unspecified atom stereocenters. The van der Waals surface area contributed by atoms with Gasteiger partial charge in [-0.15, -0.1) is 0 Å². The number of nitrogens with zero attached hydrogens (tertiary/aromatic N) is 3. The number of rotatable bonds is 5. The van der Waals surface area contributed by atoms with Crippen molar-refractivity contribution in [2.75, 3.05) is 26.1 Å². The molecule has 1 aromatic heterocycles. The van der Waals surface area contributed by atoms with Gasteiger partial charge in [-0.25, -0.2) is 0 Å². The summed E-state index contributed by atoms with van der Waals surface area (Å²) < 4.78 is 10.3. The van der Waals surface area contributed by atoms with Gasteiger partial charge in [-0.05, 0) is 18.5 Å². The van der Waals surface area contributed by atoms with Gasteiger partial charge in [0.25, 0.3) is 0 Å². The quantitative estimate of drug-likeness (QED) is 0.816. The fourth-order valence-corrected chi connectivity index (χ4v) is 1.10. The number of anilines is 1. The lowest BCUT2D eigenvalue weighted by atomic mass is 10.4. The van der Waals surface area contributed by atoms with E-state index in [-0.39, 0.29) is 17.4 Å². The Morgan fingerprint density at radius 1 is 1.40 bits per heavy atom. The Morgan fingerprint density at radius 3 is 2.73 bits per heavy atom. The average molecular weight is 233 g/mol. The maximum atomic E-state index is 5.68. The molecule has 0 radical (unpaired) electrons. The van der Waals surface area contributed by atoms with Crippen LogP contribution in [0.25, 0.3) is 0 Å². The highest BCUT2D eigenvalue weighted by Crippen LogP contribution is 2.12. The van der Waals surface area contributed by atoms with Gasteiger partial charge in [0.15, 0.2) is 0 Å². The van der Waals surface area contributed by atoms with Crippen molar-refractivity contribution in [3.05, 3.63) is 5.28 Å². The molecule has 0 saturated carbocycles. The van der Waals surface area contributed by atoms with Gasteiger partial charge < -0.3 is 14.8 Å². The van der Waals surface area contributed by atoms with Crippen LogP contribution >= 0.6 is 11.6 Å². The van der Waals surface area contributed by atoms with Gasteiger partial charge in [-0.1, -0.05) is 0 Å². The van der Waals surface area contributed by atoms with Crippen LogP contribution in [0.5, 0.6) is 6.01 Å². The zero-order chi connectivity index (χ0) is 11.3. The summed E-state index contributed by atoms with van der Waals surface area (Å²) >= 11 is 5.68. The van der Waals surface area contributed by atoms with E-state index in [0.29, 0.717) is 12.6 Å². The van der Waals surface area contributed by atoms with Crippen LogP contribution in [0, 0.1) is 0 Å². The molecule has 1 N–H and O–H groups in total. The highest BCUT2D eigenvalue weighted by Gasteiger charge is 2.09. The minimum atomic E-state index is -0.141. The average Bonchev–Trinajstić information content (AvgIpc) is 2.17. The van der Waals surface area contributed by atoms with E-state index < -0.39 is 0 Å². The molecule has 15 heavy (non-hydrogen) atoms. The summed E-state index contributed by atoms with van der Waals surface area (Å²) in [5.41, 5.74) is 0. The first-order valence-electron chi connectivity index (χ1n) is 4.40. The van der Waals surface area contributed by atoms with E-state index in [2.05, 4.69) is 20.3 Å². The van der Waals surface area contributed by atoms with Gasteiger partial charge in [0.2, 0.25) is 11.2 Å². The second kappa shape index (κ2) is 5.67. The Bertz CT molecular complexity index is 324. The van der Waals surface area contributed by atoms with Crippen LogP contribution in [-0.4, -0.2) is 41.8 Å². The number of methoxy groups -OCH3 is 1. The Labute approximate surface area is 93.0 Å². The van der Waals surface area contributed by atoms with Crippen molar-refractivity contribution < 1.29 is 9.47 Å². The van der Waals surface area contributed by atoms with Crippen LogP contribution in [0.2, 0.25) is 5.28 Å². The Hall–Kier alpha value is -1.14. The van der Waals surface area contributed by atoms with E-state index in [0.717, 1.165) is 0 Å². The summed E-state index contributed by atoms with van der Waals surface area (Å²) in [5.74, 6) is 0.370. The molecule has 1 heterocycles. The highest BCUT2D eigenvalue weighted by molar-refractivity contribution is 6.28. The second-order valence-electron chi connectivity index (χ2n) is 2.84. The molecule has 0 amide bonds. The molecular formula is C8H13ClN4O2. The van der Waals surface area contributed by atoms with Crippen molar-refractivity contribution in [3.63, 3.8) is 0 Å². The largest absolute Gasteiger partial charge is 0.458 e. The Kier molecular flexibility index (Phi) is 4.51. The molecule has 1 rings (SSSR count). The van der Waals surface area contributed by atoms with Gasteiger partial charge in [-0.2, -0.15) is 15.0 Å². The molecule has 1 atom stereocenters. The monoisotopic (exact) mass is 232 g/mol. The summed E-state index contributed by atoms with van der Waals surface area (Å²) in [6.45, 7) is 2.30. The van der Waals surface area contributed by atoms with Gasteiger partial charge in [0.1, 0.15) is 6.10 Å². The van der Waals surface area contributed by atoms with Gasteiger partial charge in [-0.3, -0.25) is 0 Å². The number of hydrogen-bond donors (Lipinski definition) is 1. The lowest BCUT2D eigenvalue weighted by Gasteiger charge is -2.12. The molecule has 0 aliphatic rings. The number of halogens is 1. The van der Waals surface area contributed by atoms with E-state index in [1.807, 2.05) is 6.92 Å². The molecule has 0 spiro atoms. The Balaban J connectivity index is 2.71. The summed E-state index contributed by atoms with van der Waals surface area (Å²) in [5, 5.41) is 2.85. The third kappa shape index (κ3) is 3.85. The maximum Gasteiger partial charge on any atom is 0.322 e. The molecule has 0 aliphatic carbocycles. The molecule has 0 fully saturated rings. The van der Waals surface area contributed by atoms with E-state index in [1.54, 1.807) is 14.2 Å². The first-order valence-corrected chi connectivity index (χ1v) is 4.78. The summed E-state index contributed by atoms with van der Waals surface area (Å²) in [6.07, 6.45) is -0.141. The van der Waals surface area contributed by atoms with E-state index in [9.17, 15) is 0 Å². The Morgan fingerprint density at radius 2 is 2.13 bits per heavy atom. The molecule has 0 saturated heterocycles. The van der Waals surface area contributed by atoms with Crippen LogP contribution in [0.3, 0.4) is 0 Å². The fourth-order valence-electron chi connectivity index (χ4n) is 0.945. The zero-order valence-corrected chi connectivity index (χ0v) is 9.58. The first-order chi connectivity index (χ1) is 7.15. The number of nitrogens with one attached hydrogen (secondary N) is 1. The van der Waals surface area contributed by atoms with Crippen molar-refractivity contribution in [2.24, 2.45) is 0 Å². The summed E-state index contributed by atoms with van der Waals surface area (Å²) in [6, 6.07) is 0.184. The van der Waals surface area contributed by atoms with Crippen molar-refractivity contribution in [1.82, 2.24) is 15.0 Å². The second-order valence-corrected chi connectivity index (χ2v) is 3.18. The number of aromatic nitrogens is 3. The lowest BCUT2D eigenvalue weighted by molar-refractivity contribution is 0.0855. The zero-order valence-electron chi connectivity index (χ0n) is 8.82. The van der Waals surface area contributed by atoms with Gasteiger partial charge in [0.05, 0.1) is 6.61 Å². The van der Waals surface area contributed by atoms with E-state index >= 15 is 0 Å². The van der Waals surface area contributed by atoms with Crippen LogP contribution in [-0.2, 0) is 4.74 Å². The van der Waals surface area contributed by atoms with Crippen LogP contribution in [0.4, 0.5) is 5.95 Å². The molecule has 1 aromatic rings. The molecule has 0 bridgehead atoms. The third-order valence-electron chi connectivity index (χ3n) is 1.52. The standard InChI is InChI=1S/C8H13ClN4O2/c1-5(4-14-3)15-8-12-6(9)11-7(10-2)13-8/h5H,4H2,1-3H3,(H,10,11,12,13). The first kappa shape index (κ1) is 11.9. The number of hydrogen-bond acceptors (Lipinski definition) is 6. The minimum absolute atomic E-state index is 0.0916. The topological polar surface area (TPSA) is 69.2 Å². The molecule has 0 aromatic carbocycles. The van der Waals surface area contributed by atoms with E-state index in [4.69, 9.17) is 21.1 Å². The SMILES string of the molecule is CNc1nc(Cl)nc(OC(C)COC)n1. The molecule has 6 nitrogen and oxygen atoms in total. The number of ether oxygens (including phenoxy) is 2. The van der Waals surface area contributed by atoms with Crippen LogP contribution in [0.1, 0.15) is 6.92 Å². The van der Waals surface area contributed by atoms with E-state index in [1.165, 1.54) is 0 Å². The van der Waals surface area contributed by atoms with Crippen molar-refractivity contribution in [1.29, 1.82) is 0 Å². The maximum absolute atomic E-state index is 5.68. The molecule has 7 heteroatoms. The summed E-state index contributed by atoms with van der Waals surface area (Å²) in [7, 11) is 3.29. The van der Waals surface area contributed by atoms with Crippen LogP contribution < -0.4 is 10.1 Å². The van der Waals surface area contributed by atoms with Crippen molar-refractivity contribution >= 4 is 17.5 Å². The molecular weight excluding hydrogens is 220 g/mol. The predicted molar refractivity (Wildman–Crippen MR) is 56.3 cm³/mol. The highest BCUT2D eigenvalue weighted by atomic mass is 35.5. The normalized spacial score (nSPS) is 12.3. The third-order valence-corrected chi connectivity index (χ3v) is 1.69. The van der Waals surface area contributed by atoms with Crippen molar-refractivity contribution in [2.45, 2.75) is 13.0 Å². The van der Waals surface area contributed by atoms with Gasteiger partial charge >= 0.3 is 6.01 Å². The molecule has 84 valence electrons.